The van der Waals surface area contributed by atoms with Gasteiger partial charge in [-0.3, -0.25) is 25.1 Å². The van der Waals surface area contributed by atoms with Crippen LogP contribution in [0.4, 0.5) is 5.69 Å². The van der Waals surface area contributed by atoms with E-state index in [2.05, 4.69) is 15.6 Å². The molecule has 0 radical (unpaired) electrons. The minimum Gasteiger partial charge on any atom is -0.379 e. The fourth-order valence-corrected chi connectivity index (χ4v) is 5.18. The number of aromatic amines is 1. The van der Waals surface area contributed by atoms with Crippen LogP contribution in [0.15, 0.2) is 54.9 Å². The van der Waals surface area contributed by atoms with E-state index in [1.54, 1.807) is 6.20 Å². The second-order valence-corrected chi connectivity index (χ2v) is 9.60. The highest BCUT2D eigenvalue weighted by Gasteiger charge is 2.35. The lowest BCUT2D eigenvalue weighted by Gasteiger charge is -2.10. The molecule has 1 aliphatic rings. The molecule has 0 saturated carbocycles. The predicted octanol–water partition coefficient (Wildman–Crippen LogP) is 3.66. The Bertz CT molecular complexity index is 1600. The molecule has 5 rings (SSSR count). The average molecular weight is 501 g/mol. The standard InChI is InChI=1S/C26H24N6O3S/c1-14(33)30-20-9-4-7-16-18(13-32(23(16)20)10-5-11-36-26(27)28)22-21(24(34)31-25(22)35)17-12-29-19-8-3-2-6-15(17)19/h2-4,6-9,12-13,29H,5,10-11H2,1H3,(H3,27,28)(H,30,33)(H,31,34,35). The molecule has 4 aromatic rings. The van der Waals surface area contributed by atoms with E-state index in [0.717, 1.165) is 21.8 Å². The van der Waals surface area contributed by atoms with E-state index in [4.69, 9.17) is 11.1 Å². The molecule has 9 nitrogen and oxygen atoms in total. The summed E-state index contributed by atoms with van der Waals surface area (Å²) >= 11 is 1.26. The third kappa shape index (κ3) is 4.16. The monoisotopic (exact) mass is 500 g/mol. The molecule has 3 heterocycles. The number of rotatable bonds is 7. The highest BCUT2D eigenvalue weighted by atomic mass is 32.2. The van der Waals surface area contributed by atoms with Crippen LogP contribution in [0.2, 0.25) is 0 Å². The van der Waals surface area contributed by atoms with E-state index < -0.39 is 11.8 Å². The Labute approximate surface area is 210 Å². The number of nitrogens with zero attached hydrogens (tertiary/aromatic N) is 1. The summed E-state index contributed by atoms with van der Waals surface area (Å²) in [6.07, 6.45) is 4.32. The lowest BCUT2D eigenvalue weighted by Crippen LogP contribution is -2.22. The number of amidine groups is 1. The van der Waals surface area contributed by atoms with Gasteiger partial charge in [0, 0.05) is 59.0 Å². The smallest absolute Gasteiger partial charge is 0.259 e. The number of thioether (sulfide) groups is 1. The number of H-pyrrole nitrogens is 1. The molecular weight excluding hydrogens is 476 g/mol. The van der Waals surface area contributed by atoms with Crippen molar-refractivity contribution < 1.29 is 14.4 Å². The second kappa shape index (κ2) is 9.38. The van der Waals surface area contributed by atoms with Gasteiger partial charge >= 0.3 is 0 Å². The average Bonchev–Trinajstić information content (AvgIpc) is 3.49. The zero-order chi connectivity index (χ0) is 25.4. The van der Waals surface area contributed by atoms with Crippen molar-refractivity contribution >= 4 is 73.3 Å². The summed E-state index contributed by atoms with van der Waals surface area (Å²) in [6.45, 7) is 2.01. The number of hydrogen-bond acceptors (Lipinski definition) is 5. The Morgan fingerprint density at radius 2 is 1.78 bits per heavy atom. The first kappa shape index (κ1) is 23.4. The van der Waals surface area contributed by atoms with E-state index in [1.165, 1.54) is 18.7 Å². The number of aromatic nitrogens is 2. The number of imide groups is 1. The van der Waals surface area contributed by atoms with Crippen LogP contribution in [0.25, 0.3) is 33.0 Å². The number of hydrogen-bond donors (Lipinski definition) is 5. The molecule has 2 aromatic carbocycles. The Morgan fingerprint density at radius 1 is 1.06 bits per heavy atom. The van der Waals surface area contributed by atoms with Crippen molar-refractivity contribution in [2.75, 3.05) is 11.1 Å². The summed E-state index contributed by atoms with van der Waals surface area (Å²) < 4.78 is 1.98. The summed E-state index contributed by atoms with van der Waals surface area (Å²) in [7, 11) is 0. The van der Waals surface area contributed by atoms with Crippen LogP contribution >= 0.6 is 11.8 Å². The van der Waals surface area contributed by atoms with Crippen LogP contribution in [0.1, 0.15) is 24.5 Å². The van der Waals surface area contributed by atoms with Crippen molar-refractivity contribution in [2.45, 2.75) is 19.9 Å². The molecule has 2 aromatic heterocycles. The first-order valence-corrected chi connectivity index (χ1v) is 12.4. The molecular formula is C26H24N6O3S. The second-order valence-electron chi connectivity index (χ2n) is 8.47. The first-order valence-electron chi connectivity index (χ1n) is 11.4. The molecule has 0 fully saturated rings. The van der Waals surface area contributed by atoms with Crippen LogP contribution in [-0.4, -0.2) is 38.2 Å². The van der Waals surface area contributed by atoms with E-state index >= 15 is 0 Å². The van der Waals surface area contributed by atoms with E-state index in [0.29, 0.717) is 46.7 Å². The lowest BCUT2D eigenvalue weighted by molar-refractivity contribution is -0.123. The highest BCUT2D eigenvalue weighted by Crippen LogP contribution is 2.39. The molecule has 10 heteroatoms. The fourth-order valence-electron chi connectivity index (χ4n) is 4.69. The number of aryl methyl sites for hydroxylation is 1. The van der Waals surface area contributed by atoms with Crippen molar-refractivity contribution in [3.8, 4) is 0 Å². The Kier molecular flexibility index (Phi) is 6.11. The van der Waals surface area contributed by atoms with Crippen molar-refractivity contribution in [1.82, 2.24) is 14.9 Å². The quantitative estimate of drug-likeness (QED) is 0.114. The van der Waals surface area contributed by atoms with Gasteiger partial charge in [0.15, 0.2) is 5.17 Å². The summed E-state index contributed by atoms with van der Waals surface area (Å²) in [6, 6.07) is 13.1. The van der Waals surface area contributed by atoms with Gasteiger partial charge < -0.3 is 20.6 Å². The van der Waals surface area contributed by atoms with E-state index in [1.807, 2.05) is 53.2 Å². The lowest BCUT2D eigenvalue weighted by atomic mass is 9.95. The molecule has 0 atom stereocenters. The van der Waals surface area contributed by atoms with Crippen LogP contribution in [0.5, 0.6) is 0 Å². The van der Waals surface area contributed by atoms with Gasteiger partial charge in [0.25, 0.3) is 11.8 Å². The zero-order valence-electron chi connectivity index (χ0n) is 19.5. The van der Waals surface area contributed by atoms with Gasteiger partial charge in [-0.1, -0.05) is 42.1 Å². The topological polar surface area (TPSA) is 146 Å². The van der Waals surface area contributed by atoms with Gasteiger partial charge in [-0.25, -0.2) is 0 Å². The Balaban J connectivity index is 1.71. The number of anilines is 1. The molecule has 0 saturated heterocycles. The number of carbonyl (C=O) groups excluding carboxylic acids is 3. The van der Waals surface area contributed by atoms with E-state index in [9.17, 15) is 14.4 Å². The van der Waals surface area contributed by atoms with Crippen molar-refractivity contribution in [3.05, 3.63) is 66.0 Å². The molecule has 0 aliphatic carbocycles. The molecule has 1 aliphatic heterocycles. The van der Waals surface area contributed by atoms with E-state index in [-0.39, 0.29) is 11.1 Å². The summed E-state index contributed by atoms with van der Waals surface area (Å²) in [5.74, 6) is -0.473. The summed E-state index contributed by atoms with van der Waals surface area (Å²) in [5, 5.41) is 14.4. The maximum Gasteiger partial charge on any atom is 0.259 e. The third-order valence-electron chi connectivity index (χ3n) is 6.07. The molecule has 182 valence electrons. The van der Waals surface area contributed by atoms with Gasteiger partial charge in [0.05, 0.1) is 22.4 Å². The number of carbonyl (C=O) groups is 3. The van der Waals surface area contributed by atoms with Gasteiger partial charge in [-0.2, -0.15) is 0 Å². The largest absolute Gasteiger partial charge is 0.379 e. The highest BCUT2D eigenvalue weighted by molar-refractivity contribution is 8.13. The van der Waals surface area contributed by atoms with Gasteiger partial charge in [0.2, 0.25) is 5.91 Å². The first-order chi connectivity index (χ1) is 17.3. The van der Waals surface area contributed by atoms with Crippen LogP contribution < -0.4 is 16.4 Å². The fraction of sp³-hybridized carbons (Fsp3) is 0.154. The van der Waals surface area contributed by atoms with Crippen molar-refractivity contribution in [1.29, 1.82) is 5.41 Å². The number of nitrogens with one attached hydrogen (secondary N) is 4. The number of benzene rings is 2. The molecule has 36 heavy (non-hydrogen) atoms. The molecule has 0 unspecified atom stereocenters. The number of para-hydroxylation sites is 2. The maximum absolute atomic E-state index is 13.2. The minimum absolute atomic E-state index is 0.0571. The summed E-state index contributed by atoms with van der Waals surface area (Å²) in [4.78, 5) is 41.3. The molecule has 3 amide bonds. The Morgan fingerprint density at radius 3 is 2.53 bits per heavy atom. The van der Waals surface area contributed by atoms with Gasteiger partial charge in [-0.05, 0) is 18.6 Å². The minimum atomic E-state index is -0.462. The van der Waals surface area contributed by atoms with Gasteiger partial charge in [-0.15, -0.1) is 0 Å². The molecule has 6 N–H and O–H groups in total. The van der Waals surface area contributed by atoms with Crippen molar-refractivity contribution in [2.24, 2.45) is 5.73 Å². The van der Waals surface area contributed by atoms with Crippen LogP contribution in [0, 0.1) is 5.41 Å². The van der Waals surface area contributed by atoms with Crippen LogP contribution in [0.3, 0.4) is 0 Å². The van der Waals surface area contributed by atoms with Crippen LogP contribution in [-0.2, 0) is 20.9 Å². The van der Waals surface area contributed by atoms with Gasteiger partial charge in [0.1, 0.15) is 0 Å². The summed E-state index contributed by atoms with van der Waals surface area (Å²) in [5.41, 5.74) is 9.58. The zero-order valence-corrected chi connectivity index (χ0v) is 20.3. The third-order valence-corrected chi connectivity index (χ3v) is 6.87. The Hall–Kier alpha value is -4.31. The molecule has 0 spiro atoms. The van der Waals surface area contributed by atoms with Crippen molar-refractivity contribution in [3.63, 3.8) is 0 Å². The predicted molar refractivity (Wildman–Crippen MR) is 143 cm³/mol. The number of nitrogens with two attached hydrogens (primary N) is 1. The molecule has 0 bridgehead atoms. The number of fused-ring (bicyclic) bond motifs is 2. The normalized spacial score (nSPS) is 13.6. The maximum atomic E-state index is 13.2. The SMILES string of the molecule is CC(=O)Nc1cccc2c(C3=C(c4c[nH]c5ccccc45)C(=O)NC3=O)cn(CCCSC(=N)N)c12. The number of amides is 3.